The van der Waals surface area contributed by atoms with Crippen LogP contribution in [0.25, 0.3) is 0 Å². The zero-order valence-electron chi connectivity index (χ0n) is 12.5. The second-order valence-electron chi connectivity index (χ2n) is 4.91. The van der Waals surface area contributed by atoms with Crippen LogP contribution in [0, 0.1) is 13.8 Å². The fourth-order valence-corrected chi connectivity index (χ4v) is 2.00. The minimum atomic E-state index is -0.320. The lowest BCUT2D eigenvalue weighted by Gasteiger charge is -2.08. The molecule has 0 saturated carbocycles. The van der Waals surface area contributed by atoms with Gasteiger partial charge in [-0.15, -0.1) is 0 Å². The van der Waals surface area contributed by atoms with Crippen molar-refractivity contribution in [2.45, 2.75) is 13.8 Å². The molecule has 2 rings (SSSR count). The predicted octanol–water partition coefficient (Wildman–Crippen LogP) is 3.49. The highest BCUT2D eigenvalue weighted by Gasteiger charge is 2.04. The second-order valence-corrected chi connectivity index (χ2v) is 5.34. The Morgan fingerprint density at radius 2 is 2.09 bits per heavy atom. The summed E-state index contributed by atoms with van der Waals surface area (Å²) in [7, 11) is 0. The molecule has 0 fully saturated rings. The third-order valence-electron chi connectivity index (χ3n) is 2.95. The molecule has 22 heavy (non-hydrogen) atoms. The molecule has 4 nitrogen and oxygen atoms in total. The van der Waals surface area contributed by atoms with E-state index in [-0.39, 0.29) is 12.5 Å². The summed E-state index contributed by atoms with van der Waals surface area (Å²) in [5, 5.41) is 4.49. The Hall–Kier alpha value is -2.33. The van der Waals surface area contributed by atoms with Crippen molar-refractivity contribution in [1.29, 1.82) is 0 Å². The van der Waals surface area contributed by atoms with E-state index in [1.165, 1.54) is 6.21 Å². The summed E-state index contributed by atoms with van der Waals surface area (Å²) >= 11 is 5.86. The Labute approximate surface area is 134 Å². The molecule has 0 spiro atoms. The lowest BCUT2D eigenvalue weighted by atomic mass is 10.1. The van der Waals surface area contributed by atoms with Crippen molar-refractivity contribution in [3.8, 4) is 5.75 Å². The molecule has 0 heterocycles. The molecule has 0 saturated heterocycles. The van der Waals surface area contributed by atoms with Gasteiger partial charge in [0.25, 0.3) is 5.91 Å². The molecule has 0 unspecified atom stereocenters. The van der Waals surface area contributed by atoms with Gasteiger partial charge >= 0.3 is 0 Å². The SMILES string of the molecule is Cc1ccc(C)c(OCC(=O)NN=Cc2cccc(Cl)c2)c1. The molecule has 114 valence electrons. The third-order valence-corrected chi connectivity index (χ3v) is 3.19. The van der Waals surface area contributed by atoms with Gasteiger partial charge in [-0.1, -0.05) is 35.9 Å². The van der Waals surface area contributed by atoms with Crippen molar-refractivity contribution in [3.63, 3.8) is 0 Å². The maximum Gasteiger partial charge on any atom is 0.277 e. The Kier molecular flexibility index (Phi) is 5.55. The van der Waals surface area contributed by atoms with Gasteiger partial charge in [-0.25, -0.2) is 5.43 Å². The molecule has 0 aliphatic heterocycles. The largest absolute Gasteiger partial charge is 0.483 e. The standard InChI is InChI=1S/C17H17ClN2O2/c1-12-6-7-13(2)16(8-12)22-11-17(21)20-19-10-14-4-3-5-15(18)9-14/h3-10H,11H2,1-2H3,(H,20,21). The van der Waals surface area contributed by atoms with Crippen LogP contribution in [0.1, 0.15) is 16.7 Å². The van der Waals surface area contributed by atoms with Crippen LogP contribution in [0.2, 0.25) is 5.02 Å². The number of aryl methyl sites for hydroxylation is 2. The normalized spacial score (nSPS) is 10.7. The van der Waals surface area contributed by atoms with Crippen LogP contribution in [0.4, 0.5) is 0 Å². The fraction of sp³-hybridized carbons (Fsp3) is 0.176. The van der Waals surface area contributed by atoms with Crippen molar-refractivity contribution in [3.05, 3.63) is 64.2 Å². The highest BCUT2D eigenvalue weighted by atomic mass is 35.5. The van der Waals surface area contributed by atoms with Crippen LogP contribution in [-0.2, 0) is 4.79 Å². The summed E-state index contributed by atoms with van der Waals surface area (Å²) in [5.74, 6) is 0.383. The van der Waals surface area contributed by atoms with E-state index in [2.05, 4.69) is 10.5 Å². The maximum absolute atomic E-state index is 11.7. The van der Waals surface area contributed by atoms with Crippen molar-refractivity contribution in [1.82, 2.24) is 5.43 Å². The van der Waals surface area contributed by atoms with E-state index in [0.717, 1.165) is 16.7 Å². The number of hydrazone groups is 1. The first-order valence-electron chi connectivity index (χ1n) is 6.82. The first-order valence-corrected chi connectivity index (χ1v) is 7.20. The summed E-state index contributed by atoms with van der Waals surface area (Å²) in [6, 6.07) is 13.0. The molecule has 0 aliphatic carbocycles. The highest BCUT2D eigenvalue weighted by Crippen LogP contribution is 2.18. The quantitative estimate of drug-likeness (QED) is 0.678. The second kappa shape index (κ2) is 7.61. The number of carbonyl (C=O) groups is 1. The van der Waals surface area contributed by atoms with Gasteiger partial charge in [0, 0.05) is 5.02 Å². The minimum Gasteiger partial charge on any atom is -0.483 e. The van der Waals surface area contributed by atoms with Gasteiger partial charge in [-0.05, 0) is 48.7 Å². The number of carbonyl (C=O) groups excluding carboxylic acids is 1. The number of ether oxygens (including phenoxy) is 1. The van der Waals surface area contributed by atoms with Gasteiger partial charge in [0.1, 0.15) is 5.75 Å². The predicted molar refractivity (Wildman–Crippen MR) is 88.6 cm³/mol. The molecule has 2 aromatic carbocycles. The molecule has 0 radical (unpaired) electrons. The molecule has 0 atom stereocenters. The summed E-state index contributed by atoms with van der Waals surface area (Å²) in [4.78, 5) is 11.7. The van der Waals surface area contributed by atoms with Crippen LogP contribution >= 0.6 is 11.6 Å². The fourth-order valence-electron chi connectivity index (χ4n) is 1.80. The number of benzene rings is 2. The van der Waals surface area contributed by atoms with Crippen molar-refractivity contribution in [2.75, 3.05) is 6.61 Å². The van der Waals surface area contributed by atoms with Crippen LogP contribution in [-0.4, -0.2) is 18.7 Å². The number of halogens is 1. The molecular formula is C17H17ClN2O2. The van der Waals surface area contributed by atoms with E-state index in [0.29, 0.717) is 10.8 Å². The van der Waals surface area contributed by atoms with Crippen LogP contribution in [0.5, 0.6) is 5.75 Å². The minimum absolute atomic E-state index is 0.0861. The van der Waals surface area contributed by atoms with E-state index in [9.17, 15) is 4.79 Å². The maximum atomic E-state index is 11.7. The summed E-state index contributed by atoms with van der Waals surface area (Å²) < 4.78 is 5.49. The van der Waals surface area contributed by atoms with E-state index >= 15 is 0 Å². The number of rotatable bonds is 5. The van der Waals surface area contributed by atoms with Gasteiger partial charge in [0.15, 0.2) is 6.61 Å². The van der Waals surface area contributed by atoms with Gasteiger partial charge in [-0.2, -0.15) is 5.10 Å². The first-order chi connectivity index (χ1) is 10.5. The lowest BCUT2D eigenvalue weighted by Crippen LogP contribution is -2.24. The van der Waals surface area contributed by atoms with Crippen molar-refractivity contribution in [2.24, 2.45) is 5.10 Å². The molecule has 0 bridgehead atoms. The molecule has 1 N–H and O–H groups in total. The number of nitrogens with zero attached hydrogens (tertiary/aromatic N) is 1. The number of nitrogens with one attached hydrogen (secondary N) is 1. The summed E-state index contributed by atoms with van der Waals surface area (Å²) in [6.07, 6.45) is 1.53. The molecular weight excluding hydrogens is 300 g/mol. The molecule has 1 amide bonds. The topological polar surface area (TPSA) is 50.7 Å². The zero-order valence-corrected chi connectivity index (χ0v) is 13.2. The smallest absolute Gasteiger partial charge is 0.277 e. The summed E-state index contributed by atoms with van der Waals surface area (Å²) in [6.45, 7) is 3.82. The lowest BCUT2D eigenvalue weighted by molar-refractivity contribution is -0.123. The van der Waals surface area contributed by atoms with E-state index in [1.54, 1.807) is 12.1 Å². The number of hydrogen-bond donors (Lipinski definition) is 1. The van der Waals surface area contributed by atoms with Gasteiger partial charge in [-0.3, -0.25) is 4.79 Å². The van der Waals surface area contributed by atoms with E-state index in [1.807, 2.05) is 44.2 Å². The Morgan fingerprint density at radius 1 is 1.27 bits per heavy atom. The van der Waals surface area contributed by atoms with Gasteiger partial charge in [0.05, 0.1) is 6.21 Å². The zero-order chi connectivity index (χ0) is 15.9. The molecule has 0 aliphatic rings. The van der Waals surface area contributed by atoms with E-state index in [4.69, 9.17) is 16.3 Å². The number of hydrogen-bond acceptors (Lipinski definition) is 3. The van der Waals surface area contributed by atoms with Crippen molar-refractivity contribution >= 4 is 23.7 Å². The summed E-state index contributed by atoms with van der Waals surface area (Å²) in [5.41, 5.74) is 5.30. The van der Waals surface area contributed by atoms with Crippen LogP contribution in [0.3, 0.4) is 0 Å². The Balaban J connectivity index is 1.84. The molecule has 5 heteroatoms. The van der Waals surface area contributed by atoms with Crippen molar-refractivity contribution < 1.29 is 9.53 Å². The molecule has 0 aromatic heterocycles. The van der Waals surface area contributed by atoms with Crippen LogP contribution in [0.15, 0.2) is 47.6 Å². The van der Waals surface area contributed by atoms with E-state index < -0.39 is 0 Å². The molecule has 2 aromatic rings. The number of amides is 1. The highest BCUT2D eigenvalue weighted by molar-refractivity contribution is 6.30. The Morgan fingerprint density at radius 3 is 2.86 bits per heavy atom. The third kappa shape index (κ3) is 4.90. The van der Waals surface area contributed by atoms with Gasteiger partial charge < -0.3 is 4.74 Å². The first kappa shape index (κ1) is 16.0. The average Bonchev–Trinajstić information content (AvgIpc) is 2.48. The van der Waals surface area contributed by atoms with Crippen LogP contribution < -0.4 is 10.2 Å². The monoisotopic (exact) mass is 316 g/mol. The van der Waals surface area contributed by atoms with Gasteiger partial charge in [0.2, 0.25) is 0 Å². The Bertz CT molecular complexity index is 699. The average molecular weight is 317 g/mol.